The van der Waals surface area contributed by atoms with Crippen molar-refractivity contribution < 1.29 is 18.0 Å². The van der Waals surface area contributed by atoms with Crippen LogP contribution in [0.2, 0.25) is 5.02 Å². The predicted molar refractivity (Wildman–Crippen MR) is 136 cm³/mol. The molecule has 0 aromatic heterocycles. The van der Waals surface area contributed by atoms with Crippen LogP contribution in [0.4, 0.5) is 5.69 Å². The number of nitrogens with zero attached hydrogens (tertiary/aromatic N) is 2. The lowest BCUT2D eigenvalue weighted by atomic mass is 10.1. The van der Waals surface area contributed by atoms with E-state index in [4.69, 9.17) is 11.6 Å². The Morgan fingerprint density at radius 3 is 2.21 bits per heavy atom. The molecule has 2 aromatic rings. The van der Waals surface area contributed by atoms with Crippen molar-refractivity contribution in [2.75, 3.05) is 17.1 Å². The zero-order chi connectivity index (χ0) is 25.0. The van der Waals surface area contributed by atoms with E-state index in [1.807, 2.05) is 20.8 Å². The Kier molecular flexibility index (Phi) is 8.95. The van der Waals surface area contributed by atoms with Gasteiger partial charge in [0, 0.05) is 21.6 Å². The van der Waals surface area contributed by atoms with Crippen LogP contribution in [0.1, 0.15) is 33.3 Å². The Hall–Kier alpha value is -2.10. The molecule has 2 rings (SSSR count). The fourth-order valence-corrected chi connectivity index (χ4v) is 4.79. The topological polar surface area (TPSA) is 86.8 Å². The predicted octanol–water partition coefficient (Wildman–Crippen LogP) is 4.20. The van der Waals surface area contributed by atoms with Gasteiger partial charge in [0.1, 0.15) is 12.6 Å². The minimum Gasteiger partial charge on any atom is -0.350 e. The monoisotopic (exact) mass is 557 g/mol. The third-order valence-corrected chi connectivity index (χ3v) is 6.93. The molecule has 0 fully saturated rings. The molecule has 180 valence electrons. The molecule has 33 heavy (non-hydrogen) atoms. The smallest absolute Gasteiger partial charge is 0.244 e. The van der Waals surface area contributed by atoms with Crippen LogP contribution < -0.4 is 9.62 Å². The van der Waals surface area contributed by atoms with Crippen LogP contribution in [0, 0.1) is 0 Å². The summed E-state index contributed by atoms with van der Waals surface area (Å²) in [5, 5.41) is 3.32. The zero-order valence-electron chi connectivity index (χ0n) is 19.3. The Morgan fingerprint density at radius 1 is 1.09 bits per heavy atom. The summed E-state index contributed by atoms with van der Waals surface area (Å²) in [6.45, 7) is 6.71. The number of para-hydroxylation sites is 1. The van der Waals surface area contributed by atoms with Crippen LogP contribution in [-0.4, -0.2) is 49.5 Å². The van der Waals surface area contributed by atoms with Gasteiger partial charge in [0.05, 0.1) is 11.9 Å². The van der Waals surface area contributed by atoms with Gasteiger partial charge in [-0.1, -0.05) is 41.9 Å². The van der Waals surface area contributed by atoms with Crippen LogP contribution in [0.15, 0.2) is 53.0 Å². The van der Waals surface area contributed by atoms with E-state index in [0.717, 1.165) is 10.6 Å². The van der Waals surface area contributed by atoms with Crippen LogP contribution in [0.3, 0.4) is 0 Å². The zero-order valence-corrected chi connectivity index (χ0v) is 22.5. The number of halogens is 2. The van der Waals surface area contributed by atoms with Gasteiger partial charge in [-0.05, 0) is 67.4 Å². The molecule has 0 aliphatic heterocycles. The Bertz CT molecular complexity index is 1120. The lowest BCUT2D eigenvalue weighted by Crippen LogP contribution is -2.54. The van der Waals surface area contributed by atoms with Crippen molar-refractivity contribution in [1.82, 2.24) is 10.2 Å². The standard InChI is InChI=1S/C23H29BrClN3O4S/c1-16(22(30)26-23(2,3)4)27(14-17-10-6-8-12-19(17)25)21(29)15-28(33(5,31)32)20-13-9-7-11-18(20)24/h6-13,16H,14-15H2,1-5H3,(H,26,30)/t16-/m1/s1. The summed E-state index contributed by atoms with van der Waals surface area (Å²) in [5.74, 6) is -0.887. The van der Waals surface area contributed by atoms with Gasteiger partial charge < -0.3 is 10.2 Å². The molecule has 0 spiro atoms. The number of anilines is 1. The van der Waals surface area contributed by atoms with Crippen molar-refractivity contribution >= 4 is 55.1 Å². The van der Waals surface area contributed by atoms with E-state index in [1.54, 1.807) is 55.5 Å². The molecule has 2 aromatic carbocycles. The molecular weight excluding hydrogens is 530 g/mol. The minimum atomic E-state index is -3.80. The number of sulfonamides is 1. The lowest BCUT2D eigenvalue weighted by molar-refractivity contribution is -0.140. The maximum atomic E-state index is 13.5. The van der Waals surface area contributed by atoms with Gasteiger partial charge >= 0.3 is 0 Å². The molecule has 0 bridgehead atoms. The van der Waals surface area contributed by atoms with Crippen LogP contribution in [0.25, 0.3) is 0 Å². The summed E-state index contributed by atoms with van der Waals surface area (Å²) >= 11 is 9.66. The number of nitrogens with one attached hydrogen (secondary N) is 1. The molecule has 0 aliphatic carbocycles. The molecule has 0 heterocycles. The van der Waals surface area contributed by atoms with E-state index in [0.29, 0.717) is 20.7 Å². The number of rotatable bonds is 8. The highest BCUT2D eigenvalue weighted by atomic mass is 79.9. The van der Waals surface area contributed by atoms with Gasteiger partial charge in [-0.2, -0.15) is 0 Å². The van der Waals surface area contributed by atoms with Gasteiger partial charge in [0.15, 0.2) is 0 Å². The third-order valence-electron chi connectivity index (χ3n) is 4.76. The van der Waals surface area contributed by atoms with Gasteiger partial charge in [-0.15, -0.1) is 0 Å². The fraction of sp³-hybridized carbons (Fsp3) is 0.391. The Morgan fingerprint density at radius 2 is 1.67 bits per heavy atom. The molecule has 7 nitrogen and oxygen atoms in total. The number of amides is 2. The molecule has 0 unspecified atom stereocenters. The number of benzene rings is 2. The molecule has 1 N–H and O–H groups in total. The molecule has 0 radical (unpaired) electrons. The number of hydrogen-bond acceptors (Lipinski definition) is 4. The summed E-state index contributed by atoms with van der Waals surface area (Å²) in [7, 11) is -3.80. The maximum absolute atomic E-state index is 13.5. The van der Waals surface area contributed by atoms with Crippen molar-refractivity contribution in [3.63, 3.8) is 0 Å². The highest BCUT2D eigenvalue weighted by Gasteiger charge is 2.32. The normalized spacial score (nSPS) is 12.7. The van der Waals surface area contributed by atoms with Crippen molar-refractivity contribution in [2.45, 2.75) is 45.8 Å². The summed E-state index contributed by atoms with van der Waals surface area (Å²) < 4.78 is 26.7. The second-order valence-corrected chi connectivity index (χ2v) is 11.9. The van der Waals surface area contributed by atoms with E-state index >= 15 is 0 Å². The van der Waals surface area contributed by atoms with Crippen molar-refractivity contribution in [3.8, 4) is 0 Å². The Labute approximate surface area is 209 Å². The average Bonchev–Trinajstić information content (AvgIpc) is 2.69. The van der Waals surface area contributed by atoms with Gasteiger partial charge in [0.25, 0.3) is 0 Å². The fourth-order valence-electron chi connectivity index (χ4n) is 3.12. The molecule has 0 saturated carbocycles. The number of carbonyl (C=O) groups excluding carboxylic acids is 2. The van der Waals surface area contributed by atoms with Crippen LogP contribution in [0.5, 0.6) is 0 Å². The van der Waals surface area contributed by atoms with Crippen LogP contribution >= 0.6 is 27.5 Å². The minimum absolute atomic E-state index is 0.0464. The van der Waals surface area contributed by atoms with E-state index in [9.17, 15) is 18.0 Å². The SMILES string of the molecule is C[C@H](C(=O)NC(C)(C)C)N(Cc1ccccc1Cl)C(=O)CN(c1ccccc1Br)S(C)(=O)=O. The third kappa shape index (κ3) is 7.72. The molecule has 2 amide bonds. The molecule has 0 aliphatic rings. The summed E-state index contributed by atoms with van der Waals surface area (Å²) in [6, 6.07) is 12.9. The first-order chi connectivity index (χ1) is 15.2. The summed E-state index contributed by atoms with van der Waals surface area (Å²) in [6.07, 6.45) is 1.04. The Balaban J connectivity index is 2.43. The molecule has 10 heteroatoms. The highest BCUT2D eigenvalue weighted by Crippen LogP contribution is 2.28. The quantitative estimate of drug-likeness (QED) is 0.526. The maximum Gasteiger partial charge on any atom is 0.244 e. The first-order valence-electron chi connectivity index (χ1n) is 10.3. The lowest BCUT2D eigenvalue weighted by Gasteiger charge is -2.33. The largest absolute Gasteiger partial charge is 0.350 e. The highest BCUT2D eigenvalue weighted by molar-refractivity contribution is 9.10. The van der Waals surface area contributed by atoms with Gasteiger partial charge in [-0.25, -0.2) is 8.42 Å². The van der Waals surface area contributed by atoms with Crippen LogP contribution in [-0.2, 0) is 26.2 Å². The molecule has 1 atom stereocenters. The second kappa shape index (κ2) is 10.9. The first-order valence-corrected chi connectivity index (χ1v) is 13.3. The average molecular weight is 559 g/mol. The van der Waals surface area contributed by atoms with Gasteiger partial charge in [-0.3, -0.25) is 13.9 Å². The van der Waals surface area contributed by atoms with Gasteiger partial charge in [0.2, 0.25) is 21.8 Å². The first kappa shape index (κ1) is 27.1. The summed E-state index contributed by atoms with van der Waals surface area (Å²) in [4.78, 5) is 27.7. The second-order valence-electron chi connectivity index (χ2n) is 8.75. The van der Waals surface area contributed by atoms with Crippen molar-refractivity contribution in [3.05, 3.63) is 63.6 Å². The summed E-state index contributed by atoms with van der Waals surface area (Å²) in [5.41, 5.74) is 0.477. The number of carbonyl (C=O) groups is 2. The van der Waals surface area contributed by atoms with E-state index in [1.165, 1.54) is 4.90 Å². The number of hydrogen-bond donors (Lipinski definition) is 1. The molecule has 0 saturated heterocycles. The molecular formula is C23H29BrClN3O4S. The van der Waals surface area contributed by atoms with E-state index < -0.39 is 34.1 Å². The van der Waals surface area contributed by atoms with E-state index in [-0.39, 0.29) is 12.5 Å². The van der Waals surface area contributed by atoms with E-state index in [2.05, 4.69) is 21.2 Å². The van der Waals surface area contributed by atoms with Crippen molar-refractivity contribution in [2.24, 2.45) is 0 Å². The van der Waals surface area contributed by atoms with Crippen molar-refractivity contribution in [1.29, 1.82) is 0 Å².